The number of hydrogen-bond donors (Lipinski definition) is 1. The number of benzene rings is 1. The number of rotatable bonds is 2. The zero-order valence-electron chi connectivity index (χ0n) is 8.09. The van der Waals surface area contributed by atoms with E-state index in [0.717, 1.165) is 5.56 Å². The quantitative estimate of drug-likeness (QED) is 0.811. The highest BCUT2D eigenvalue weighted by Crippen LogP contribution is 2.17. The molecular weight excluding hydrogens is 228 g/mol. The molecule has 0 aliphatic rings. The van der Waals surface area contributed by atoms with E-state index in [1.807, 2.05) is 18.2 Å². The molecule has 80 valence electrons. The second kappa shape index (κ2) is 4.28. The standard InChI is InChI=1S/C11H7ClN2O2/c12-9-6-8(11(15)16)13-10(14-9)7-4-2-1-3-5-7/h1-6H,(H,15,16). The summed E-state index contributed by atoms with van der Waals surface area (Å²) < 4.78 is 0. The third kappa shape index (κ3) is 2.17. The fourth-order valence-corrected chi connectivity index (χ4v) is 1.43. The first-order valence-corrected chi connectivity index (χ1v) is 4.88. The van der Waals surface area contributed by atoms with Gasteiger partial charge in [-0.3, -0.25) is 0 Å². The molecule has 0 aliphatic heterocycles. The summed E-state index contributed by atoms with van der Waals surface area (Å²) in [4.78, 5) is 18.7. The predicted molar refractivity (Wildman–Crippen MR) is 59.4 cm³/mol. The van der Waals surface area contributed by atoms with Crippen LogP contribution in [0.15, 0.2) is 36.4 Å². The van der Waals surface area contributed by atoms with Crippen LogP contribution < -0.4 is 0 Å². The third-order valence-electron chi connectivity index (χ3n) is 1.95. The van der Waals surface area contributed by atoms with Gasteiger partial charge in [0.05, 0.1) is 0 Å². The zero-order valence-corrected chi connectivity index (χ0v) is 8.85. The van der Waals surface area contributed by atoms with Gasteiger partial charge < -0.3 is 5.11 Å². The maximum absolute atomic E-state index is 10.8. The monoisotopic (exact) mass is 234 g/mol. The molecule has 0 amide bonds. The molecule has 0 saturated carbocycles. The van der Waals surface area contributed by atoms with Gasteiger partial charge in [-0.2, -0.15) is 0 Å². The molecular formula is C11H7ClN2O2. The molecule has 1 heterocycles. The fraction of sp³-hybridized carbons (Fsp3) is 0. The van der Waals surface area contributed by atoms with Crippen molar-refractivity contribution >= 4 is 17.6 Å². The van der Waals surface area contributed by atoms with Crippen LogP contribution in [0, 0.1) is 0 Å². The summed E-state index contributed by atoms with van der Waals surface area (Å²) in [6, 6.07) is 10.3. The van der Waals surface area contributed by atoms with Crippen molar-refractivity contribution in [1.82, 2.24) is 9.97 Å². The minimum absolute atomic E-state index is 0.112. The first kappa shape index (κ1) is 10.6. The van der Waals surface area contributed by atoms with Crippen LogP contribution in [0.5, 0.6) is 0 Å². The summed E-state index contributed by atoms with van der Waals surface area (Å²) in [5.41, 5.74) is 0.617. The van der Waals surface area contributed by atoms with Crippen molar-refractivity contribution in [2.45, 2.75) is 0 Å². The molecule has 2 rings (SSSR count). The number of nitrogens with zero attached hydrogens (tertiary/aromatic N) is 2. The zero-order chi connectivity index (χ0) is 11.5. The molecule has 0 fully saturated rings. The number of hydrogen-bond acceptors (Lipinski definition) is 3. The number of halogens is 1. The smallest absolute Gasteiger partial charge is 0.354 e. The number of carboxylic acid groups (broad SMARTS) is 1. The van der Waals surface area contributed by atoms with E-state index in [9.17, 15) is 4.79 Å². The highest BCUT2D eigenvalue weighted by atomic mass is 35.5. The number of carbonyl (C=O) groups is 1. The Kier molecular flexibility index (Phi) is 2.83. The van der Waals surface area contributed by atoms with Crippen LogP contribution in [0.2, 0.25) is 5.15 Å². The van der Waals surface area contributed by atoms with E-state index in [1.165, 1.54) is 6.07 Å². The molecule has 5 heteroatoms. The van der Waals surface area contributed by atoms with Gasteiger partial charge in [0.1, 0.15) is 5.15 Å². The Balaban J connectivity index is 2.54. The SMILES string of the molecule is O=C(O)c1cc(Cl)nc(-c2ccccc2)n1. The molecule has 0 saturated heterocycles. The van der Waals surface area contributed by atoms with Crippen LogP contribution in [0.4, 0.5) is 0 Å². The minimum atomic E-state index is -1.12. The van der Waals surface area contributed by atoms with Gasteiger partial charge in [-0.25, -0.2) is 14.8 Å². The van der Waals surface area contributed by atoms with Gasteiger partial charge in [0.15, 0.2) is 11.5 Å². The Hall–Kier alpha value is -1.94. The third-order valence-corrected chi connectivity index (χ3v) is 2.14. The molecule has 0 radical (unpaired) electrons. The van der Waals surface area contributed by atoms with Crippen LogP contribution in [0.1, 0.15) is 10.5 Å². The van der Waals surface area contributed by atoms with Crippen molar-refractivity contribution in [2.75, 3.05) is 0 Å². The topological polar surface area (TPSA) is 63.1 Å². The van der Waals surface area contributed by atoms with Gasteiger partial charge >= 0.3 is 5.97 Å². The van der Waals surface area contributed by atoms with Crippen molar-refractivity contribution in [3.8, 4) is 11.4 Å². The van der Waals surface area contributed by atoms with Crippen LogP contribution >= 0.6 is 11.6 Å². The van der Waals surface area contributed by atoms with Gasteiger partial charge in [0.2, 0.25) is 0 Å². The van der Waals surface area contributed by atoms with Gasteiger partial charge in [-0.15, -0.1) is 0 Å². The molecule has 0 unspecified atom stereocenters. The van der Waals surface area contributed by atoms with Gasteiger partial charge in [-0.05, 0) is 0 Å². The summed E-state index contributed by atoms with van der Waals surface area (Å²) in [5, 5.41) is 8.95. The van der Waals surface area contributed by atoms with Gasteiger partial charge in [-0.1, -0.05) is 41.9 Å². The first-order chi connectivity index (χ1) is 7.66. The molecule has 0 spiro atoms. The fourth-order valence-electron chi connectivity index (χ4n) is 1.24. The van der Waals surface area contributed by atoms with E-state index in [0.29, 0.717) is 5.82 Å². The predicted octanol–water partition coefficient (Wildman–Crippen LogP) is 2.50. The van der Waals surface area contributed by atoms with Crippen molar-refractivity contribution in [3.63, 3.8) is 0 Å². The first-order valence-electron chi connectivity index (χ1n) is 4.50. The maximum atomic E-state index is 10.8. The summed E-state index contributed by atoms with van der Waals surface area (Å²) in [6.07, 6.45) is 0. The molecule has 1 aromatic carbocycles. The summed E-state index contributed by atoms with van der Waals surface area (Å²) >= 11 is 5.73. The highest BCUT2D eigenvalue weighted by Gasteiger charge is 2.10. The number of aromatic nitrogens is 2. The summed E-state index contributed by atoms with van der Waals surface area (Å²) in [7, 11) is 0. The van der Waals surface area contributed by atoms with Crippen LogP contribution in [-0.4, -0.2) is 21.0 Å². The van der Waals surface area contributed by atoms with Gasteiger partial charge in [0.25, 0.3) is 0 Å². The van der Waals surface area contributed by atoms with Crippen LogP contribution in [0.3, 0.4) is 0 Å². The lowest BCUT2D eigenvalue weighted by atomic mass is 10.2. The van der Waals surface area contributed by atoms with Crippen molar-refractivity contribution < 1.29 is 9.90 Å². The number of carboxylic acids is 1. The van der Waals surface area contributed by atoms with E-state index >= 15 is 0 Å². The molecule has 0 atom stereocenters. The van der Waals surface area contributed by atoms with Crippen molar-refractivity contribution in [1.29, 1.82) is 0 Å². The molecule has 1 N–H and O–H groups in total. The van der Waals surface area contributed by atoms with E-state index < -0.39 is 5.97 Å². The van der Waals surface area contributed by atoms with E-state index in [-0.39, 0.29) is 10.8 Å². The van der Waals surface area contributed by atoms with Crippen LogP contribution in [-0.2, 0) is 0 Å². The lowest BCUT2D eigenvalue weighted by molar-refractivity contribution is 0.0690. The Labute approximate surface area is 96.6 Å². The Morgan fingerprint density at radius 2 is 1.88 bits per heavy atom. The van der Waals surface area contributed by atoms with Crippen molar-refractivity contribution in [3.05, 3.63) is 47.2 Å². The number of aromatic carboxylic acids is 1. The normalized spacial score (nSPS) is 10.1. The molecule has 1 aromatic heterocycles. The minimum Gasteiger partial charge on any atom is -0.477 e. The second-order valence-corrected chi connectivity index (χ2v) is 3.46. The second-order valence-electron chi connectivity index (χ2n) is 3.07. The van der Waals surface area contributed by atoms with Crippen molar-refractivity contribution in [2.24, 2.45) is 0 Å². The van der Waals surface area contributed by atoms with Gasteiger partial charge in [0, 0.05) is 11.6 Å². The lowest BCUT2D eigenvalue weighted by Crippen LogP contribution is -2.03. The summed E-state index contributed by atoms with van der Waals surface area (Å²) in [5.74, 6) is -0.813. The Morgan fingerprint density at radius 1 is 1.19 bits per heavy atom. The molecule has 0 aliphatic carbocycles. The molecule has 16 heavy (non-hydrogen) atoms. The van der Waals surface area contributed by atoms with E-state index in [4.69, 9.17) is 16.7 Å². The summed E-state index contributed by atoms with van der Waals surface area (Å²) in [6.45, 7) is 0. The average molecular weight is 235 g/mol. The highest BCUT2D eigenvalue weighted by molar-refractivity contribution is 6.29. The van der Waals surface area contributed by atoms with E-state index in [2.05, 4.69) is 9.97 Å². The lowest BCUT2D eigenvalue weighted by Gasteiger charge is -2.01. The molecule has 4 nitrogen and oxygen atoms in total. The maximum Gasteiger partial charge on any atom is 0.354 e. The molecule has 0 bridgehead atoms. The van der Waals surface area contributed by atoms with E-state index in [1.54, 1.807) is 12.1 Å². The Bertz CT molecular complexity index is 529. The van der Waals surface area contributed by atoms with Crippen LogP contribution in [0.25, 0.3) is 11.4 Å². The average Bonchev–Trinajstić information content (AvgIpc) is 2.29. The largest absolute Gasteiger partial charge is 0.477 e. The Morgan fingerprint density at radius 3 is 2.50 bits per heavy atom. The molecule has 2 aromatic rings.